The average molecular weight is 269 g/mol. The minimum absolute atomic E-state index is 0.117. The van der Waals surface area contributed by atoms with Crippen LogP contribution < -0.4 is 10.6 Å². The van der Waals surface area contributed by atoms with Gasteiger partial charge >= 0.3 is 0 Å². The maximum Gasteiger partial charge on any atom is 0.223 e. The summed E-state index contributed by atoms with van der Waals surface area (Å²) in [5.41, 5.74) is 7.14. The Bertz CT molecular complexity index is 504. The molecule has 0 spiro atoms. The Labute approximate surface area is 111 Å². The molecular formula is C13H17ClN2O2. The van der Waals surface area contributed by atoms with E-state index in [9.17, 15) is 9.90 Å². The number of carbonyl (C=O) groups is 1. The van der Waals surface area contributed by atoms with E-state index >= 15 is 0 Å². The average Bonchev–Trinajstić information content (AvgIpc) is 2.33. The summed E-state index contributed by atoms with van der Waals surface area (Å²) in [5.74, 6) is -0.117. The molecule has 1 aliphatic rings. The number of benzene rings is 1. The van der Waals surface area contributed by atoms with Gasteiger partial charge in [0.05, 0.1) is 17.8 Å². The molecule has 1 amide bonds. The second kappa shape index (κ2) is 4.53. The van der Waals surface area contributed by atoms with Crippen molar-refractivity contribution in [3.63, 3.8) is 0 Å². The Balaban J connectivity index is 2.59. The third-order valence-corrected chi connectivity index (χ3v) is 3.86. The topological polar surface area (TPSA) is 66.6 Å². The van der Waals surface area contributed by atoms with E-state index in [1.165, 1.54) is 6.92 Å². The van der Waals surface area contributed by atoms with Crippen LogP contribution in [0, 0.1) is 6.92 Å². The first kappa shape index (κ1) is 13.3. The molecule has 1 aromatic rings. The van der Waals surface area contributed by atoms with E-state index in [0.717, 1.165) is 16.8 Å². The van der Waals surface area contributed by atoms with E-state index in [0.29, 0.717) is 11.4 Å². The zero-order valence-electron chi connectivity index (χ0n) is 10.5. The number of aliphatic hydroxyl groups is 1. The number of nitrogens with zero attached hydrogens (tertiary/aromatic N) is 1. The molecular weight excluding hydrogens is 252 g/mol. The van der Waals surface area contributed by atoms with Crippen molar-refractivity contribution in [2.24, 2.45) is 5.73 Å². The molecule has 2 rings (SSSR count). The standard InChI is InChI=1S/C13H17ClN2O2/c1-8-11(14)4-3-10-5-13(18,6-15)7-16(9(2)17)12(8)10/h3-4,18H,5-7,15H2,1-2H3. The summed E-state index contributed by atoms with van der Waals surface area (Å²) in [6.45, 7) is 3.70. The van der Waals surface area contributed by atoms with Crippen LogP contribution in [-0.4, -0.2) is 29.7 Å². The van der Waals surface area contributed by atoms with E-state index in [-0.39, 0.29) is 19.0 Å². The van der Waals surface area contributed by atoms with Gasteiger partial charge in [-0.15, -0.1) is 0 Å². The molecule has 0 aliphatic carbocycles. The number of β-amino-alcohol motifs (C(OH)–C–C–N with tert-alkyl or cyclic N) is 1. The molecule has 4 nitrogen and oxygen atoms in total. The van der Waals surface area contributed by atoms with Crippen LogP contribution in [0.25, 0.3) is 0 Å². The summed E-state index contributed by atoms with van der Waals surface area (Å²) < 4.78 is 0. The molecule has 1 aromatic carbocycles. The summed E-state index contributed by atoms with van der Waals surface area (Å²) in [6.07, 6.45) is 0.445. The number of amides is 1. The molecule has 0 saturated heterocycles. The summed E-state index contributed by atoms with van der Waals surface area (Å²) in [6, 6.07) is 3.64. The monoisotopic (exact) mass is 268 g/mol. The van der Waals surface area contributed by atoms with Crippen LogP contribution >= 0.6 is 11.6 Å². The molecule has 0 radical (unpaired) electrons. The fourth-order valence-corrected chi connectivity index (χ4v) is 2.59. The van der Waals surface area contributed by atoms with Gasteiger partial charge < -0.3 is 15.7 Å². The highest BCUT2D eigenvalue weighted by Gasteiger charge is 2.37. The Hall–Kier alpha value is -1.10. The van der Waals surface area contributed by atoms with E-state index in [1.54, 1.807) is 11.0 Å². The maximum atomic E-state index is 11.8. The van der Waals surface area contributed by atoms with Gasteiger partial charge in [-0.3, -0.25) is 4.79 Å². The van der Waals surface area contributed by atoms with Crippen LogP contribution in [-0.2, 0) is 11.2 Å². The molecule has 98 valence electrons. The molecule has 1 heterocycles. The van der Waals surface area contributed by atoms with Gasteiger partial charge in [-0.25, -0.2) is 0 Å². The highest BCUT2D eigenvalue weighted by atomic mass is 35.5. The number of halogens is 1. The Morgan fingerprint density at radius 1 is 1.61 bits per heavy atom. The second-order valence-electron chi connectivity index (χ2n) is 4.89. The van der Waals surface area contributed by atoms with Gasteiger partial charge in [0.25, 0.3) is 0 Å². The number of hydrogen-bond acceptors (Lipinski definition) is 3. The Morgan fingerprint density at radius 2 is 2.28 bits per heavy atom. The summed E-state index contributed by atoms with van der Waals surface area (Å²) in [4.78, 5) is 13.3. The van der Waals surface area contributed by atoms with E-state index < -0.39 is 5.60 Å². The summed E-state index contributed by atoms with van der Waals surface area (Å²) in [5, 5.41) is 11.0. The normalized spacial score (nSPS) is 22.8. The number of rotatable bonds is 1. The molecule has 1 aliphatic heterocycles. The summed E-state index contributed by atoms with van der Waals surface area (Å²) >= 11 is 6.10. The van der Waals surface area contributed by atoms with Crippen molar-refractivity contribution >= 4 is 23.2 Å². The molecule has 0 fully saturated rings. The van der Waals surface area contributed by atoms with Crippen molar-refractivity contribution < 1.29 is 9.90 Å². The molecule has 0 saturated carbocycles. The Morgan fingerprint density at radius 3 is 2.83 bits per heavy atom. The largest absolute Gasteiger partial charge is 0.386 e. The van der Waals surface area contributed by atoms with Gasteiger partial charge in [0.1, 0.15) is 0 Å². The third kappa shape index (κ3) is 2.11. The maximum absolute atomic E-state index is 11.8. The van der Waals surface area contributed by atoms with Crippen LogP contribution in [0.2, 0.25) is 5.02 Å². The predicted molar refractivity (Wildman–Crippen MR) is 71.9 cm³/mol. The number of hydrogen-bond donors (Lipinski definition) is 2. The molecule has 5 heteroatoms. The lowest BCUT2D eigenvalue weighted by Gasteiger charge is -2.40. The second-order valence-corrected chi connectivity index (χ2v) is 5.30. The Kier molecular flexibility index (Phi) is 3.36. The lowest BCUT2D eigenvalue weighted by atomic mass is 9.87. The number of carbonyl (C=O) groups excluding carboxylic acids is 1. The van der Waals surface area contributed by atoms with E-state index in [4.69, 9.17) is 17.3 Å². The van der Waals surface area contributed by atoms with Crippen molar-refractivity contribution in [1.29, 1.82) is 0 Å². The van der Waals surface area contributed by atoms with Crippen LogP contribution in [0.4, 0.5) is 5.69 Å². The van der Waals surface area contributed by atoms with Gasteiger partial charge in [0.2, 0.25) is 5.91 Å². The molecule has 0 bridgehead atoms. The van der Waals surface area contributed by atoms with Gasteiger partial charge in [0, 0.05) is 24.9 Å². The molecule has 3 N–H and O–H groups in total. The van der Waals surface area contributed by atoms with Crippen molar-refractivity contribution in [3.05, 3.63) is 28.3 Å². The quantitative estimate of drug-likeness (QED) is 0.806. The SMILES string of the molecule is CC(=O)N1CC(O)(CN)Cc2ccc(Cl)c(C)c21. The first-order valence-electron chi connectivity index (χ1n) is 5.86. The number of anilines is 1. The van der Waals surface area contributed by atoms with Crippen molar-refractivity contribution in [2.75, 3.05) is 18.0 Å². The van der Waals surface area contributed by atoms with Gasteiger partial charge in [-0.2, -0.15) is 0 Å². The highest BCUT2D eigenvalue weighted by molar-refractivity contribution is 6.31. The molecule has 1 atom stereocenters. The molecule has 18 heavy (non-hydrogen) atoms. The van der Waals surface area contributed by atoms with Crippen molar-refractivity contribution in [3.8, 4) is 0 Å². The van der Waals surface area contributed by atoms with Crippen molar-refractivity contribution in [1.82, 2.24) is 0 Å². The number of nitrogens with two attached hydrogens (primary N) is 1. The lowest BCUT2D eigenvalue weighted by Crippen LogP contribution is -2.54. The first-order chi connectivity index (χ1) is 8.38. The van der Waals surface area contributed by atoms with Gasteiger partial charge in [0.15, 0.2) is 0 Å². The molecule has 1 unspecified atom stereocenters. The third-order valence-electron chi connectivity index (χ3n) is 3.45. The van der Waals surface area contributed by atoms with Crippen molar-refractivity contribution in [2.45, 2.75) is 25.9 Å². The highest BCUT2D eigenvalue weighted by Crippen LogP contribution is 2.37. The number of fused-ring (bicyclic) bond motifs is 1. The zero-order valence-corrected chi connectivity index (χ0v) is 11.3. The van der Waals surface area contributed by atoms with E-state index in [2.05, 4.69) is 0 Å². The van der Waals surface area contributed by atoms with Gasteiger partial charge in [-0.1, -0.05) is 17.7 Å². The summed E-state index contributed by atoms with van der Waals surface area (Å²) in [7, 11) is 0. The predicted octanol–water partition coefficient (Wildman–Crippen LogP) is 1.25. The van der Waals surface area contributed by atoms with Gasteiger partial charge in [-0.05, 0) is 24.1 Å². The first-order valence-corrected chi connectivity index (χ1v) is 6.24. The van der Waals surface area contributed by atoms with Crippen LogP contribution in [0.15, 0.2) is 12.1 Å². The van der Waals surface area contributed by atoms with Crippen LogP contribution in [0.3, 0.4) is 0 Å². The fourth-order valence-electron chi connectivity index (χ4n) is 2.44. The van der Waals surface area contributed by atoms with Crippen LogP contribution in [0.5, 0.6) is 0 Å². The van der Waals surface area contributed by atoms with E-state index in [1.807, 2.05) is 13.0 Å². The smallest absolute Gasteiger partial charge is 0.223 e. The fraction of sp³-hybridized carbons (Fsp3) is 0.462. The van der Waals surface area contributed by atoms with Crippen LogP contribution in [0.1, 0.15) is 18.1 Å². The minimum atomic E-state index is -1.06. The molecule has 0 aromatic heterocycles. The lowest BCUT2D eigenvalue weighted by molar-refractivity contribution is -0.117. The zero-order chi connectivity index (χ0) is 13.5. The minimum Gasteiger partial charge on any atom is -0.386 e.